The molecular formula is C26H31N7O4S. The molecule has 38 heavy (non-hydrogen) atoms. The maximum absolute atomic E-state index is 13.2. The van der Waals surface area contributed by atoms with E-state index in [4.69, 9.17) is 6.42 Å². The van der Waals surface area contributed by atoms with Crippen molar-refractivity contribution in [2.75, 3.05) is 33.0 Å². The van der Waals surface area contributed by atoms with Crippen molar-refractivity contribution in [2.24, 2.45) is 5.92 Å². The summed E-state index contributed by atoms with van der Waals surface area (Å²) in [7, 11) is 5.41. The summed E-state index contributed by atoms with van der Waals surface area (Å²) < 4.78 is 0. The first-order chi connectivity index (χ1) is 18.1. The van der Waals surface area contributed by atoms with E-state index in [1.54, 1.807) is 20.2 Å². The molecule has 11 nitrogen and oxygen atoms in total. The first-order valence-corrected chi connectivity index (χ1v) is 13.2. The molecule has 1 fully saturated rings. The molecule has 0 saturated heterocycles. The second kappa shape index (κ2) is 11.7. The minimum atomic E-state index is -0.890. The van der Waals surface area contributed by atoms with Crippen LogP contribution in [0.1, 0.15) is 45.2 Å². The lowest BCUT2D eigenvalue weighted by Crippen LogP contribution is -2.57. The molecule has 0 unspecified atom stereocenters. The average molecular weight is 538 g/mol. The van der Waals surface area contributed by atoms with E-state index in [0.29, 0.717) is 29.8 Å². The van der Waals surface area contributed by atoms with Crippen molar-refractivity contribution in [3.8, 4) is 12.3 Å². The van der Waals surface area contributed by atoms with Gasteiger partial charge in [0.15, 0.2) is 5.01 Å². The van der Waals surface area contributed by atoms with Crippen LogP contribution in [0.3, 0.4) is 0 Å². The molecule has 1 aliphatic carbocycles. The van der Waals surface area contributed by atoms with Gasteiger partial charge in [0, 0.05) is 62.2 Å². The highest BCUT2D eigenvalue weighted by Crippen LogP contribution is 2.28. The van der Waals surface area contributed by atoms with Crippen molar-refractivity contribution in [3.63, 3.8) is 0 Å². The number of anilines is 1. The summed E-state index contributed by atoms with van der Waals surface area (Å²) in [6.45, 7) is 1.63. The number of aromatic nitrogens is 2. The number of nitrogens with one attached hydrogen (secondary N) is 3. The lowest BCUT2D eigenvalue weighted by Gasteiger charge is -2.37. The van der Waals surface area contributed by atoms with Gasteiger partial charge in [0.2, 0.25) is 5.91 Å². The number of fused-ring (bicyclic) bond motifs is 1. The molecule has 3 heterocycles. The van der Waals surface area contributed by atoms with Crippen LogP contribution in [0.5, 0.6) is 0 Å². The van der Waals surface area contributed by atoms with Gasteiger partial charge in [-0.15, -0.1) is 17.8 Å². The highest BCUT2D eigenvalue weighted by molar-refractivity contribution is 7.13. The highest BCUT2D eigenvalue weighted by Gasteiger charge is 2.37. The largest absolute Gasteiger partial charge is 0.349 e. The number of nitrogens with zero attached hydrogens (tertiary/aromatic N) is 4. The van der Waals surface area contributed by atoms with Crippen LogP contribution >= 0.6 is 11.3 Å². The first-order valence-electron chi connectivity index (χ1n) is 12.4. The Balaban J connectivity index is 1.45. The number of carbonyl (C=O) groups excluding carboxylic acids is 4. The molecule has 2 aromatic rings. The quantitative estimate of drug-likeness (QED) is 0.376. The molecule has 4 amide bonds. The van der Waals surface area contributed by atoms with Gasteiger partial charge in [-0.1, -0.05) is 5.92 Å². The van der Waals surface area contributed by atoms with E-state index in [2.05, 4.69) is 36.7 Å². The Labute approximate surface area is 225 Å². The molecule has 12 heteroatoms. The second-order valence-electron chi connectivity index (χ2n) is 9.81. The average Bonchev–Trinajstić information content (AvgIpc) is 3.33. The summed E-state index contributed by atoms with van der Waals surface area (Å²) in [5.41, 5.74) is 1.48. The number of pyridine rings is 1. The van der Waals surface area contributed by atoms with Crippen LogP contribution in [-0.4, -0.2) is 83.2 Å². The minimum Gasteiger partial charge on any atom is -0.349 e. The van der Waals surface area contributed by atoms with Crippen LogP contribution in [0, 0.1) is 18.3 Å². The topological polar surface area (TPSA) is 137 Å². The van der Waals surface area contributed by atoms with Crippen LogP contribution in [0.2, 0.25) is 0 Å². The molecule has 3 N–H and O–H groups in total. The normalized spacial score (nSPS) is 20.9. The van der Waals surface area contributed by atoms with Gasteiger partial charge < -0.3 is 25.8 Å². The van der Waals surface area contributed by atoms with Crippen LogP contribution in [0.15, 0.2) is 18.3 Å². The van der Waals surface area contributed by atoms with Crippen molar-refractivity contribution in [1.29, 1.82) is 0 Å². The molecule has 1 aliphatic heterocycles. The van der Waals surface area contributed by atoms with Crippen molar-refractivity contribution in [2.45, 2.75) is 44.3 Å². The third-order valence-corrected chi connectivity index (χ3v) is 7.85. The fourth-order valence-corrected chi connectivity index (χ4v) is 5.79. The molecule has 0 bridgehead atoms. The standard InChI is InChI=1S/C26H31N7O4S/c1-5-15-6-9-21(27-13-15)31-23(35)22(34)28-17-8-7-16(26(37)32(2)3)12-19(17)29-24(36)25-30-18-10-11-33(4)14-20(18)38-25/h1,6,9,13,16-17,19H,7-8,10-12,14H2,2-4H3,(H,28,34)(H,29,36)(H,27,31,35)/t16-,17-,19+/m0/s1. The number of thiazole rings is 1. The maximum Gasteiger partial charge on any atom is 0.314 e. The van der Waals surface area contributed by atoms with E-state index >= 15 is 0 Å². The van der Waals surface area contributed by atoms with Crippen molar-refractivity contribution in [1.82, 2.24) is 30.4 Å². The third kappa shape index (κ3) is 6.35. The van der Waals surface area contributed by atoms with Gasteiger partial charge in [-0.2, -0.15) is 0 Å². The zero-order valence-electron chi connectivity index (χ0n) is 21.6. The van der Waals surface area contributed by atoms with Gasteiger partial charge in [0.25, 0.3) is 5.91 Å². The molecule has 0 spiro atoms. The van der Waals surface area contributed by atoms with Crippen molar-refractivity contribution < 1.29 is 19.2 Å². The number of amides is 4. The van der Waals surface area contributed by atoms with Gasteiger partial charge in [0.05, 0.1) is 11.7 Å². The Morgan fingerprint density at radius 3 is 2.61 bits per heavy atom. The Hall–Kier alpha value is -3.82. The van der Waals surface area contributed by atoms with Gasteiger partial charge >= 0.3 is 11.8 Å². The second-order valence-corrected chi connectivity index (χ2v) is 10.9. The zero-order valence-corrected chi connectivity index (χ0v) is 22.4. The summed E-state index contributed by atoms with van der Waals surface area (Å²) in [6, 6.07) is 2.01. The molecule has 4 rings (SSSR count). The van der Waals surface area contributed by atoms with Crippen LogP contribution in [-0.2, 0) is 27.3 Å². The number of rotatable bonds is 5. The van der Waals surface area contributed by atoms with Gasteiger partial charge in [0.1, 0.15) is 5.82 Å². The van der Waals surface area contributed by atoms with Crippen LogP contribution in [0.4, 0.5) is 5.82 Å². The van der Waals surface area contributed by atoms with E-state index < -0.39 is 23.9 Å². The molecule has 2 aliphatic rings. The number of carbonyl (C=O) groups is 4. The lowest BCUT2D eigenvalue weighted by molar-refractivity contribution is -0.137. The highest BCUT2D eigenvalue weighted by atomic mass is 32.1. The molecular weight excluding hydrogens is 506 g/mol. The summed E-state index contributed by atoms with van der Waals surface area (Å²) in [5.74, 6) is 0.166. The minimum absolute atomic E-state index is 0.0407. The fourth-order valence-electron chi connectivity index (χ4n) is 4.70. The predicted octanol–water partition coefficient (Wildman–Crippen LogP) is 0.618. The molecule has 0 radical (unpaired) electrons. The molecule has 0 aromatic carbocycles. The van der Waals surface area contributed by atoms with Crippen molar-refractivity contribution >= 4 is 40.8 Å². The molecule has 2 aromatic heterocycles. The van der Waals surface area contributed by atoms with E-state index in [0.717, 1.165) is 30.1 Å². The SMILES string of the molecule is C#Cc1ccc(NC(=O)C(=O)N[C@H]2CC[C@H](C(=O)N(C)C)C[C@H]2NC(=O)c2nc3c(s2)CN(C)CC3)nc1. The first kappa shape index (κ1) is 27.2. The monoisotopic (exact) mass is 537 g/mol. The maximum atomic E-state index is 13.2. The summed E-state index contributed by atoms with van der Waals surface area (Å²) >= 11 is 1.36. The third-order valence-electron chi connectivity index (χ3n) is 6.77. The Morgan fingerprint density at radius 1 is 1.13 bits per heavy atom. The Kier molecular flexibility index (Phi) is 8.38. The summed E-state index contributed by atoms with van der Waals surface area (Å²) in [5, 5.41) is 8.52. The predicted molar refractivity (Wildman–Crippen MR) is 142 cm³/mol. The lowest BCUT2D eigenvalue weighted by atomic mass is 9.81. The number of likely N-dealkylation sites (N-methyl/N-ethyl adjacent to an activating group) is 1. The van der Waals surface area contributed by atoms with E-state index in [1.807, 2.05) is 7.05 Å². The van der Waals surface area contributed by atoms with Gasteiger partial charge in [-0.3, -0.25) is 19.2 Å². The van der Waals surface area contributed by atoms with E-state index in [1.165, 1.54) is 28.5 Å². The number of terminal acetylenes is 1. The van der Waals surface area contributed by atoms with E-state index in [9.17, 15) is 19.2 Å². The number of hydrogen-bond acceptors (Lipinski definition) is 8. The van der Waals surface area contributed by atoms with Crippen LogP contribution in [0.25, 0.3) is 0 Å². The zero-order chi connectivity index (χ0) is 27.4. The smallest absolute Gasteiger partial charge is 0.314 e. The van der Waals surface area contributed by atoms with Gasteiger partial charge in [-0.05, 0) is 38.4 Å². The van der Waals surface area contributed by atoms with Crippen LogP contribution < -0.4 is 16.0 Å². The Morgan fingerprint density at radius 2 is 1.92 bits per heavy atom. The summed E-state index contributed by atoms with van der Waals surface area (Å²) in [6.07, 6.45) is 8.78. The molecule has 1 saturated carbocycles. The number of hydrogen-bond donors (Lipinski definition) is 3. The summed E-state index contributed by atoms with van der Waals surface area (Å²) in [4.78, 5) is 64.5. The molecule has 3 atom stereocenters. The Bertz CT molecular complexity index is 1270. The van der Waals surface area contributed by atoms with E-state index in [-0.39, 0.29) is 23.6 Å². The molecule has 200 valence electrons. The van der Waals surface area contributed by atoms with Crippen molar-refractivity contribution in [3.05, 3.63) is 39.5 Å². The fraction of sp³-hybridized carbons (Fsp3) is 0.462. The van der Waals surface area contributed by atoms with Gasteiger partial charge in [-0.25, -0.2) is 9.97 Å².